The van der Waals surface area contributed by atoms with Crippen LogP contribution in [0.15, 0.2) is 42.7 Å². The second kappa shape index (κ2) is 7.23. The number of pyridine rings is 1. The minimum Gasteiger partial charge on any atom is -0.455 e. The second-order valence-electron chi connectivity index (χ2n) is 5.81. The number of rotatable bonds is 6. The Morgan fingerprint density at radius 2 is 1.81 bits per heavy atom. The lowest BCUT2D eigenvalue weighted by molar-refractivity contribution is 0.459. The summed E-state index contributed by atoms with van der Waals surface area (Å²) in [4.78, 5) is 4.19. The highest BCUT2D eigenvalue weighted by atomic mass is 16.5. The molecule has 21 heavy (non-hydrogen) atoms. The molecule has 3 nitrogen and oxygen atoms in total. The Balaban J connectivity index is 2.24. The summed E-state index contributed by atoms with van der Waals surface area (Å²) in [6.07, 6.45) is 3.59. The maximum Gasteiger partial charge on any atom is 0.150 e. The summed E-state index contributed by atoms with van der Waals surface area (Å²) in [7, 11) is 0. The molecular weight excluding hydrogens is 260 g/mol. The van der Waals surface area contributed by atoms with Crippen LogP contribution < -0.4 is 10.1 Å². The van der Waals surface area contributed by atoms with Crippen LogP contribution in [0.2, 0.25) is 0 Å². The monoisotopic (exact) mass is 284 g/mol. The summed E-state index contributed by atoms with van der Waals surface area (Å²) >= 11 is 0. The molecule has 2 aromatic rings. The first kappa shape index (κ1) is 15.5. The molecule has 2 rings (SSSR count). The summed E-state index contributed by atoms with van der Waals surface area (Å²) in [5.74, 6) is 2.15. The predicted molar refractivity (Wildman–Crippen MR) is 86.8 cm³/mol. The molecule has 0 radical (unpaired) electrons. The molecule has 0 aliphatic carbocycles. The Morgan fingerprint density at radius 1 is 1.05 bits per heavy atom. The molecule has 0 fully saturated rings. The molecular formula is C18H24N2O. The highest BCUT2D eigenvalue weighted by Crippen LogP contribution is 2.31. The molecule has 1 aromatic heterocycles. The lowest BCUT2D eigenvalue weighted by atomic mass is 10.0. The van der Waals surface area contributed by atoms with E-state index in [0.717, 1.165) is 23.6 Å². The van der Waals surface area contributed by atoms with Gasteiger partial charge in [0, 0.05) is 24.3 Å². The first-order valence-corrected chi connectivity index (χ1v) is 7.51. The fraction of sp³-hybridized carbons (Fsp3) is 0.389. The second-order valence-corrected chi connectivity index (χ2v) is 5.81. The van der Waals surface area contributed by atoms with Gasteiger partial charge in [0.1, 0.15) is 11.5 Å². The maximum atomic E-state index is 6.13. The van der Waals surface area contributed by atoms with Gasteiger partial charge >= 0.3 is 0 Å². The average molecular weight is 284 g/mol. The molecule has 0 amide bonds. The van der Waals surface area contributed by atoms with E-state index in [9.17, 15) is 0 Å². The third-order valence-corrected chi connectivity index (χ3v) is 3.33. The summed E-state index contributed by atoms with van der Waals surface area (Å²) in [5, 5.41) is 3.42. The third-order valence-electron chi connectivity index (χ3n) is 3.33. The number of hydrogen-bond donors (Lipinski definition) is 1. The van der Waals surface area contributed by atoms with Crippen LogP contribution in [-0.2, 0) is 6.54 Å². The molecule has 1 heterocycles. The summed E-state index contributed by atoms with van der Waals surface area (Å²) in [5.41, 5.74) is 2.33. The number of aromatic nitrogens is 1. The topological polar surface area (TPSA) is 34.2 Å². The Kier molecular flexibility index (Phi) is 5.34. The van der Waals surface area contributed by atoms with Crippen LogP contribution >= 0.6 is 0 Å². The van der Waals surface area contributed by atoms with Gasteiger partial charge in [0.15, 0.2) is 0 Å². The molecule has 0 unspecified atom stereocenters. The zero-order chi connectivity index (χ0) is 15.2. The van der Waals surface area contributed by atoms with Crippen molar-refractivity contribution in [3.05, 3.63) is 53.9 Å². The first-order valence-electron chi connectivity index (χ1n) is 7.51. The summed E-state index contributed by atoms with van der Waals surface area (Å²) in [6.45, 7) is 9.39. The molecule has 1 N–H and O–H groups in total. The van der Waals surface area contributed by atoms with Crippen molar-refractivity contribution in [1.82, 2.24) is 10.3 Å². The minimum absolute atomic E-state index is 0.426. The van der Waals surface area contributed by atoms with Crippen LogP contribution in [0.3, 0.4) is 0 Å². The Bertz CT molecular complexity index is 579. The molecule has 0 saturated heterocycles. The van der Waals surface area contributed by atoms with Crippen molar-refractivity contribution >= 4 is 0 Å². The third kappa shape index (κ3) is 4.30. The molecule has 0 saturated carbocycles. The van der Waals surface area contributed by atoms with Gasteiger partial charge in [0.2, 0.25) is 0 Å². The highest BCUT2D eigenvalue weighted by Gasteiger charge is 2.10. The van der Waals surface area contributed by atoms with Gasteiger partial charge in [-0.1, -0.05) is 45.9 Å². The normalized spacial score (nSPS) is 11.1. The van der Waals surface area contributed by atoms with Gasteiger partial charge in [-0.2, -0.15) is 0 Å². The quantitative estimate of drug-likeness (QED) is 0.848. The maximum absolute atomic E-state index is 6.13. The molecule has 0 bridgehead atoms. The Morgan fingerprint density at radius 3 is 2.52 bits per heavy atom. The fourth-order valence-corrected chi connectivity index (χ4v) is 2.13. The van der Waals surface area contributed by atoms with E-state index in [1.165, 1.54) is 5.56 Å². The largest absolute Gasteiger partial charge is 0.455 e. The lowest BCUT2D eigenvalue weighted by Crippen LogP contribution is -2.22. The number of hydrogen-bond acceptors (Lipinski definition) is 3. The number of benzene rings is 1. The van der Waals surface area contributed by atoms with Crippen LogP contribution in [0.5, 0.6) is 11.5 Å². The molecule has 0 aliphatic rings. The van der Waals surface area contributed by atoms with Gasteiger partial charge in [0.25, 0.3) is 0 Å². The molecule has 1 aromatic carbocycles. The number of ether oxygens (including phenoxy) is 1. The minimum atomic E-state index is 0.426. The van der Waals surface area contributed by atoms with Crippen molar-refractivity contribution in [1.29, 1.82) is 0 Å². The number of nitrogens with one attached hydrogen (secondary N) is 1. The van der Waals surface area contributed by atoms with Gasteiger partial charge < -0.3 is 10.1 Å². The molecule has 0 aliphatic heterocycles. The summed E-state index contributed by atoms with van der Waals surface area (Å²) < 4.78 is 6.13. The SMILES string of the molecule is CC(C)NCc1ccncc1Oc1ccccc1C(C)C. The zero-order valence-electron chi connectivity index (χ0n) is 13.3. The van der Waals surface area contributed by atoms with Gasteiger partial charge in [-0.25, -0.2) is 0 Å². The molecule has 3 heteroatoms. The Hall–Kier alpha value is -1.87. The van der Waals surface area contributed by atoms with Crippen LogP contribution in [0.4, 0.5) is 0 Å². The highest BCUT2D eigenvalue weighted by molar-refractivity contribution is 5.41. The van der Waals surface area contributed by atoms with Gasteiger partial charge in [-0.05, 0) is 23.6 Å². The molecule has 112 valence electrons. The zero-order valence-corrected chi connectivity index (χ0v) is 13.3. The van der Waals surface area contributed by atoms with E-state index in [-0.39, 0.29) is 0 Å². The number of para-hydroxylation sites is 1. The van der Waals surface area contributed by atoms with Gasteiger partial charge in [-0.3, -0.25) is 4.98 Å². The van der Waals surface area contributed by atoms with Crippen molar-refractivity contribution in [3.8, 4) is 11.5 Å². The van der Waals surface area contributed by atoms with Crippen molar-refractivity contribution < 1.29 is 4.74 Å². The Labute approximate surface area is 127 Å². The van der Waals surface area contributed by atoms with E-state index in [1.807, 2.05) is 24.3 Å². The predicted octanol–water partition coefficient (Wildman–Crippen LogP) is 4.50. The standard InChI is InChI=1S/C18H24N2O/c1-13(2)16-7-5-6-8-17(16)21-18-12-19-10-9-15(18)11-20-14(3)4/h5-10,12-14,20H,11H2,1-4H3. The van der Waals surface area contributed by atoms with Crippen molar-refractivity contribution in [2.75, 3.05) is 0 Å². The van der Waals surface area contributed by atoms with Crippen LogP contribution in [0.1, 0.15) is 44.7 Å². The van der Waals surface area contributed by atoms with E-state index in [0.29, 0.717) is 12.0 Å². The van der Waals surface area contributed by atoms with Gasteiger partial charge in [-0.15, -0.1) is 0 Å². The van der Waals surface area contributed by atoms with Crippen LogP contribution in [0, 0.1) is 0 Å². The van der Waals surface area contributed by atoms with Crippen LogP contribution in [0.25, 0.3) is 0 Å². The van der Waals surface area contributed by atoms with E-state index in [1.54, 1.807) is 12.4 Å². The van der Waals surface area contributed by atoms with Gasteiger partial charge in [0.05, 0.1) is 6.20 Å². The van der Waals surface area contributed by atoms with E-state index >= 15 is 0 Å². The van der Waals surface area contributed by atoms with E-state index in [4.69, 9.17) is 4.74 Å². The molecule has 0 spiro atoms. The number of nitrogens with zero attached hydrogens (tertiary/aromatic N) is 1. The van der Waals surface area contributed by atoms with E-state index in [2.05, 4.69) is 44.1 Å². The first-order chi connectivity index (χ1) is 10.1. The summed E-state index contributed by atoms with van der Waals surface area (Å²) in [6, 6.07) is 10.6. The van der Waals surface area contributed by atoms with Crippen molar-refractivity contribution in [3.63, 3.8) is 0 Å². The smallest absolute Gasteiger partial charge is 0.150 e. The van der Waals surface area contributed by atoms with E-state index < -0.39 is 0 Å². The average Bonchev–Trinajstić information content (AvgIpc) is 2.46. The van der Waals surface area contributed by atoms with Crippen molar-refractivity contribution in [2.45, 2.75) is 46.2 Å². The lowest BCUT2D eigenvalue weighted by Gasteiger charge is -2.16. The van der Waals surface area contributed by atoms with Crippen LogP contribution in [-0.4, -0.2) is 11.0 Å². The fourth-order valence-electron chi connectivity index (χ4n) is 2.13. The van der Waals surface area contributed by atoms with Crippen molar-refractivity contribution in [2.24, 2.45) is 0 Å². The molecule has 0 atom stereocenters.